The molecule has 0 spiro atoms. The number of nitro groups is 1. The molecule has 0 saturated carbocycles. The largest absolute Gasteiger partial charge is 0.304 e. The van der Waals surface area contributed by atoms with Gasteiger partial charge in [0.25, 0.3) is 0 Å². The summed E-state index contributed by atoms with van der Waals surface area (Å²) in [5, 5.41) is 10.5. The van der Waals surface area contributed by atoms with E-state index in [4.69, 9.17) is 0 Å². The van der Waals surface area contributed by atoms with E-state index in [9.17, 15) is 31.3 Å². The zero-order valence-electron chi connectivity index (χ0n) is 10.6. The van der Waals surface area contributed by atoms with E-state index in [2.05, 4.69) is 0 Å². The Morgan fingerprint density at radius 3 is 2.29 bits per heavy atom. The number of hydrogen-bond acceptors (Lipinski definition) is 6. The van der Waals surface area contributed by atoms with Gasteiger partial charge in [0, 0.05) is 25.2 Å². The molecule has 1 aromatic carbocycles. The third kappa shape index (κ3) is 3.19. The first-order valence-corrected chi connectivity index (χ1v) is 9.04. The zero-order chi connectivity index (χ0) is 15.8. The molecule has 0 amide bonds. The van der Waals surface area contributed by atoms with Gasteiger partial charge in [0.05, 0.1) is 21.3 Å². The van der Waals surface area contributed by atoms with Gasteiger partial charge < -0.3 is 0 Å². The summed E-state index contributed by atoms with van der Waals surface area (Å²) in [6.07, 6.45) is 0. The topological polar surface area (TPSA) is 115 Å². The van der Waals surface area contributed by atoms with E-state index in [0.29, 0.717) is 6.07 Å². The normalized spacial score (nSPS) is 19.3. The van der Waals surface area contributed by atoms with Crippen LogP contribution in [0.25, 0.3) is 0 Å². The van der Waals surface area contributed by atoms with Crippen LogP contribution in [0.3, 0.4) is 0 Å². The molecule has 11 heteroatoms. The molecule has 2 rings (SSSR count). The van der Waals surface area contributed by atoms with Crippen LogP contribution in [0.5, 0.6) is 0 Å². The number of benzene rings is 1. The van der Waals surface area contributed by atoms with Gasteiger partial charge in [-0.1, -0.05) is 0 Å². The number of sulfone groups is 1. The van der Waals surface area contributed by atoms with E-state index in [1.165, 1.54) is 0 Å². The van der Waals surface area contributed by atoms with E-state index in [1.54, 1.807) is 0 Å². The van der Waals surface area contributed by atoms with Gasteiger partial charge in [0.15, 0.2) is 9.84 Å². The number of sulfonamides is 1. The molecule has 1 heterocycles. The van der Waals surface area contributed by atoms with Crippen molar-refractivity contribution < 1.29 is 26.1 Å². The summed E-state index contributed by atoms with van der Waals surface area (Å²) in [6, 6.07) is 2.26. The molecule has 0 bridgehead atoms. The van der Waals surface area contributed by atoms with Gasteiger partial charge >= 0.3 is 5.69 Å². The summed E-state index contributed by atoms with van der Waals surface area (Å²) in [6.45, 7) is -0.438. The minimum Gasteiger partial charge on any atom is -0.258 e. The van der Waals surface area contributed by atoms with Gasteiger partial charge in [-0.15, -0.1) is 0 Å². The molecule has 0 unspecified atom stereocenters. The summed E-state index contributed by atoms with van der Waals surface area (Å²) < 4.78 is 61.4. The highest BCUT2D eigenvalue weighted by Crippen LogP contribution is 2.24. The molecule has 116 valence electrons. The Morgan fingerprint density at radius 2 is 1.81 bits per heavy atom. The second-order valence-corrected chi connectivity index (χ2v) is 8.67. The molecule has 8 nitrogen and oxygen atoms in total. The molecule has 1 fully saturated rings. The molecule has 21 heavy (non-hydrogen) atoms. The first-order chi connectivity index (χ1) is 9.63. The van der Waals surface area contributed by atoms with Crippen LogP contribution in [-0.4, -0.2) is 50.7 Å². The lowest BCUT2D eigenvalue weighted by Crippen LogP contribution is -2.43. The molecular formula is C10H11FN2O6S2. The Labute approximate surface area is 120 Å². The van der Waals surface area contributed by atoms with Crippen molar-refractivity contribution in [3.8, 4) is 0 Å². The highest BCUT2D eigenvalue weighted by molar-refractivity contribution is 7.92. The average Bonchev–Trinajstić information content (AvgIpc) is 2.37. The van der Waals surface area contributed by atoms with Crippen LogP contribution < -0.4 is 0 Å². The van der Waals surface area contributed by atoms with Crippen molar-refractivity contribution in [3.05, 3.63) is 34.1 Å². The third-order valence-corrected chi connectivity index (χ3v) is 6.56. The van der Waals surface area contributed by atoms with Crippen LogP contribution in [0, 0.1) is 15.9 Å². The molecular weight excluding hydrogens is 327 g/mol. The fourth-order valence-corrected chi connectivity index (χ4v) is 4.77. The number of nitrogens with zero attached hydrogens (tertiary/aromatic N) is 2. The monoisotopic (exact) mass is 338 g/mol. The predicted octanol–water partition coefficient (Wildman–Crippen LogP) is 0.153. The van der Waals surface area contributed by atoms with Gasteiger partial charge in [-0.05, 0) is 6.07 Å². The Hall–Kier alpha value is -1.59. The minimum absolute atomic E-state index is 0.219. The van der Waals surface area contributed by atoms with Gasteiger partial charge in [0.1, 0.15) is 0 Å². The predicted molar refractivity (Wildman–Crippen MR) is 70.5 cm³/mol. The maximum Gasteiger partial charge on any atom is 0.304 e. The fraction of sp³-hybridized carbons (Fsp3) is 0.400. The van der Waals surface area contributed by atoms with Crippen LogP contribution in [0.15, 0.2) is 23.1 Å². The second-order valence-electron chi connectivity index (χ2n) is 4.43. The van der Waals surface area contributed by atoms with Crippen molar-refractivity contribution in [1.82, 2.24) is 4.31 Å². The van der Waals surface area contributed by atoms with E-state index in [-0.39, 0.29) is 24.6 Å². The number of rotatable bonds is 3. The molecule has 0 atom stereocenters. The quantitative estimate of drug-likeness (QED) is 0.572. The van der Waals surface area contributed by atoms with Gasteiger partial charge in [0.2, 0.25) is 15.8 Å². The molecule has 1 saturated heterocycles. The zero-order valence-corrected chi connectivity index (χ0v) is 12.2. The Morgan fingerprint density at radius 1 is 1.24 bits per heavy atom. The lowest BCUT2D eigenvalue weighted by atomic mass is 10.3. The van der Waals surface area contributed by atoms with Crippen molar-refractivity contribution in [3.63, 3.8) is 0 Å². The van der Waals surface area contributed by atoms with Crippen molar-refractivity contribution in [1.29, 1.82) is 0 Å². The van der Waals surface area contributed by atoms with E-state index in [1.807, 2.05) is 0 Å². The van der Waals surface area contributed by atoms with Crippen LogP contribution in [-0.2, 0) is 19.9 Å². The highest BCUT2D eigenvalue weighted by atomic mass is 32.2. The molecule has 1 aromatic rings. The summed E-state index contributed by atoms with van der Waals surface area (Å²) in [7, 11) is -7.32. The average molecular weight is 338 g/mol. The van der Waals surface area contributed by atoms with Crippen LogP contribution in [0.2, 0.25) is 0 Å². The van der Waals surface area contributed by atoms with E-state index in [0.717, 1.165) is 16.4 Å². The van der Waals surface area contributed by atoms with Gasteiger partial charge in [-0.2, -0.15) is 8.70 Å². The Kier molecular flexibility index (Phi) is 4.00. The minimum atomic E-state index is -4.07. The van der Waals surface area contributed by atoms with Crippen molar-refractivity contribution in [2.24, 2.45) is 0 Å². The molecule has 0 radical (unpaired) electrons. The molecule has 0 aromatic heterocycles. The van der Waals surface area contributed by atoms with Gasteiger partial charge in [-0.25, -0.2) is 16.8 Å². The van der Waals surface area contributed by atoms with Gasteiger partial charge in [-0.3, -0.25) is 10.1 Å². The van der Waals surface area contributed by atoms with Crippen LogP contribution >= 0.6 is 0 Å². The van der Waals surface area contributed by atoms with Crippen LogP contribution in [0.4, 0.5) is 10.1 Å². The molecule has 0 N–H and O–H groups in total. The van der Waals surface area contributed by atoms with Crippen LogP contribution in [0.1, 0.15) is 0 Å². The SMILES string of the molecule is O=[N+]([O-])c1ccc(S(=O)(=O)N2CCS(=O)(=O)CC2)cc1F. The van der Waals surface area contributed by atoms with Crippen molar-refractivity contribution in [2.75, 3.05) is 24.6 Å². The summed E-state index contributed by atoms with van der Waals surface area (Å²) in [5.74, 6) is -1.87. The van der Waals surface area contributed by atoms with E-state index >= 15 is 0 Å². The summed E-state index contributed by atoms with van der Waals surface area (Å²) in [4.78, 5) is 9.10. The van der Waals surface area contributed by atoms with Crippen molar-refractivity contribution >= 4 is 25.5 Å². The van der Waals surface area contributed by atoms with E-state index < -0.39 is 41.2 Å². The molecule has 1 aliphatic heterocycles. The number of nitro benzene ring substituents is 1. The lowest BCUT2D eigenvalue weighted by Gasteiger charge is -2.25. The Balaban J connectivity index is 2.33. The molecule has 1 aliphatic rings. The first-order valence-electron chi connectivity index (χ1n) is 5.78. The number of hydrogen-bond donors (Lipinski definition) is 0. The van der Waals surface area contributed by atoms with Crippen molar-refractivity contribution in [2.45, 2.75) is 4.90 Å². The standard InChI is InChI=1S/C10H11FN2O6S2/c11-9-7-8(1-2-10(9)13(14)15)21(18,19)12-3-5-20(16,17)6-4-12/h1-2,7H,3-6H2. The highest BCUT2D eigenvalue weighted by Gasteiger charge is 2.32. The first kappa shape index (κ1) is 15.8. The molecule has 0 aliphatic carbocycles. The Bertz CT molecular complexity index is 776. The maximum atomic E-state index is 13.5. The number of halogens is 1. The smallest absolute Gasteiger partial charge is 0.258 e. The second kappa shape index (κ2) is 5.31. The summed E-state index contributed by atoms with van der Waals surface area (Å²) >= 11 is 0. The maximum absolute atomic E-state index is 13.5. The lowest BCUT2D eigenvalue weighted by molar-refractivity contribution is -0.387. The third-order valence-electron chi connectivity index (χ3n) is 3.06. The summed E-state index contributed by atoms with van der Waals surface area (Å²) in [5.41, 5.74) is -0.824. The fourth-order valence-electron chi connectivity index (χ4n) is 1.88.